The quantitative estimate of drug-likeness (QED) is 0.414. The third kappa shape index (κ3) is 6.35. The minimum atomic E-state index is -3.29. The second-order valence-electron chi connectivity index (χ2n) is 7.76. The molecule has 0 fully saturated rings. The van der Waals surface area contributed by atoms with E-state index < -0.39 is 9.84 Å². The Kier molecular flexibility index (Phi) is 7.75. The van der Waals surface area contributed by atoms with Crippen LogP contribution in [0.25, 0.3) is 0 Å². The highest BCUT2D eigenvalue weighted by molar-refractivity contribution is 7.90. The van der Waals surface area contributed by atoms with Crippen LogP contribution in [0.5, 0.6) is 11.5 Å². The van der Waals surface area contributed by atoms with Gasteiger partial charge < -0.3 is 18.9 Å². The van der Waals surface area contributed by atoms with E-state index in [2.05, 4.69) is 5.16 Å². The van der Waals surface area contributed by atoms with Crippen LogP contribution in [0, 0.1) is 13.8 Å². The monoisotopic (exact) mass is 472 g/mol. The molecule has 1 aromatic heterocycles. The van der Waals surface area contributed by atoms with E-state index in [0.29, 0.717) is 42.4 Å². The largest absolute Gasteiger partial charge is 0.493 e. The van der Waals surface area contributed by atoms with Gasteiger partial charge >= 0.3 is 0 Å². The van der Waals surface area contributed by atoms with Gasteiger partial charge in [0.15, 0.2) is 9.84 Å². The lowest BCUT2D eigenvalue weighted by molar-refractivity contribution is 0.0783. The predicted octanol–water partition coefficient (Wildman–Crippen LogP) is 3.82. The number of aryl methyl sites for hydroxylation is 2. The van der Waals surface area contributed by atoms with E-state index in [9.17, 15) is 13.2 Å². The normalized spacial score (nSPS) is 11.3. The highest BCUT2D eigenvalue weighted by Crippen LogP contribution is 2.23. The number of amides is 1. The molecule has 0 saturated carbocycles. The summed E-state index contributed by atoms with van der Waals surface area (Å²) in [4.78, 5) is 14.8. The second kappa shape index (κ2) is 10.5. The molecular formula is C24H28N2O6S. The maximum atomic E-state index is 13.0. The molecule has 2 aromatic carbocycles. The number of hydrogen-bond donors (Lipinski definition) is 0. The fraction of sp³-hybridized carbons (Fsp3) is 0.333. The summed E-state index contributed by atoms with van der Waals surface area (Å²) in [5.41, 5.74) is 2.09. The molecule has 3 aromatic rings. The molecule has 8 nitrogen and oxygen atoms in total. The Bertz CT molecular complexity index is 1200. The lowest BCUT2D eigenvalue weighted by Crippen LogP contribution is -2.29. The van der Waals surface area contributed by atoms with E-state index in [1.165, 1.54) is 12.1 Å². The third-order valence-corrected chi connectivity index (χ3v) is 6.27. The van der Waals surface area contributed by atoms with Gasteiger partial charge in [0.2, 0.25) is 0 Å². The first-order valence-electron chi connectivity index (χ1n) is 10.5. The molecule has 1 amide bonds. The molecule has 33 heavy (non-hydrogen) atoms. The summed E-state index contributed by atoms with van der Waals surface area (Å²) < 4.78 is 40.1. The van der Waals surface area contributed by atoms with Crippen molar-refractivity contribution >= 4 is 15.7 Å². The molecule has 0 atom stereocenters. The van der Waals surface area contributed by atoms with Crippen LogP contribution >= 0.6 is 0 Å². The number of aromatic nitrogens is 1. The zero-order valence-corrected chi connectivity index (χ0v) is 20.0. The Morgan fingerprint density at radius 1 is 1.09 bits per heavy atom. The molecule has 3 rings (SSSR count). The van der Waals surface area contributed by atoms with Gasteiger partial charge in [-0.2, -0.15) is 0 Å². The van der Waals surface area contributed by atoms with Crippen molar-refractivity contribution in [2.24, 2.45) is 0 Å². The second-order valence-corrected chi connectivity index (χ2v) is 9.78. The number of para-hydroxylation sites is 1. The Hall–Kier alpha value is -3.33. The average Bonchev–Trinajstić information content (AvgIpc) is 3.11. The van der Waals surface area contributed by atoms with Crippen LogP contribution in [0.1, 0.15) is 33.8 Å². The molecule has 0 aliphatic carbocycles. The number of nitrogens with zero attached hydrogens (tertiary/aromatic N) is 2. The molecule has 0 N–H and O–H groups in total. The Morgan fingerprint density at radius 3 is 2.55 bits per heavy atom. The predicted molar refractivity (Wildman–Crippen MR) is 123 cm³/mol. The van der Waals surface area contributed by atoms with Crippen molar-refractivity contribution in [3.8, 4) is 11.5 Å². The van der Waals surface area contributed by atoms with Crippen LogP contribution in [-0.4, -0.2) is 50.8 Å². The van der Waals surface area contributed by atoms with Crippen molar-refractivity contribution in [3.05, 3.63) is 71.1 Å². The van der Waals surface area contributed by atoms with Crippen LogP contribution in [0.2, 0.25) is 0 Å². The molecule has 0 unspecified atom stereocenters. The summed E-state index contributed by atoms with van der Waals surface area (Å²) in [7, 11) is -1.57. The number of hydrogen-bond acceptors (Lipinski definition) is 7. The minimum absolute atomic E-state index is 0.163. The summed E-state index contributed by atoms with van der Waals surface area (Å²) in [6.07, 6.45) is 1.73. The smallest absolute Gasteiger partial charge is 0.257 e. The van der Waals surface area contributed by atoms with Gasteiger partial charge in [-0.25, -0.2) is 8.42 Å². The highest BCUT2D eigenvalue weighted by atomic mass is 32.2. The highest BCUT2D eigenvalue weighted by Gasteiger charge is 2.18. The van der Waals surface area contributed by atoms with Gasteiger partial charge in [0.1, 0.15) is 23.9 Å². The molecule has 0 aliphatic heterocycles. The van der Waals surface area contributed by atoms with Gasteiger partial charge in [0, 0.05) is 19.8 Å². The molecule has 0 radical (unpaired) electrons. The maximum absolute atomic E-state index is 13.0. The number of carbonyl (C=O) groups excluding carboxylic acids is 1. The van der Waals surface area contributed by atoms with Crippen LogP contribution in [-0.2, 0) is 16.4 Å². The molecular weight excluding hydrogens is 444 g/mol. The summed E-state index contributed by atoms with van der Waals surface area (Å²) in [6.45, 7) is 4.73. The number of benzene rings is 2. The standard InChI is InChI=1S/C24H28N2O6S/c1-17-22(18(2)32-25-17)16-31-23-12-6-5-11-21(23)24(27)26(3)13-8-14-30-19-9-7-10-20(15-19)33(4,28)29/h5-7,9-12,15H,8,13-14,16H2,1-4H3. The number of carbonyl (C=O) groups is 1. The van der Waals surface area contributed by atoms with Gasteiger partial charge in [-0.05, 0) is 50.6 Å². The summed E-state index contributed by atoms with van der Waals surface area (Å²) in [5, 5.41) is 3.92. The van der Waals surface area contributed by atoms with Gasteiger partial charge in [-0.3, -0.25) is 4.79 Å². The molecule has 0 aliphatic rings. The van der Waals surface area contributed by atoms with E-state index >= 15 is 0 Å². The first-order chi connectivity index (χ1) is 15.7. The van der Waals surface area contributed by atoms with E-state index in [0.717, 1.165) is 17.5 Å². The topological polar surface area (TPSA) is 98.9 Å². The fourth-order valence-electron chi connectivity index (χ4n) is 3.22. The van der Waals surface area contributed by atoms with Crippen LogP contribution in [0.15, 0.2) is 57.9 Å². The van der Waals surface area contributed by atoms with Crippen molar-refractivity contribution in [1.29, 1.82) is 0 Å². The molecule has 176 valence electrons. The lowest BCUT2D eigenvalue weighted by Gasteiger charge is -2.19. The summed E-state index contributed by atoms with van der Waals surface area (Å²) >= 11 is 0. The average molecular weight is 473 g/mol. The molecule has 0 spiro atoms. The lowest BCUT2D eigenvalue weighted by atomic mass is 10.1. The fourth-order valence-corrected chi connectivity index (χ4v) is 3.88. The van der Waals surface area contributed by atoms with Gasteiger partial charge in [0.05, 0.1) is 28.3 Å². The number of sulfone groups is 1. The third-order valence-electron chi connectivity index (χ3n) is 5.16. The Labute approximate surface area is 194 Å². The minimum Gasteiger partial charge on any atom is -0.493 e. The SMILES string of the molecule is Cc1noc(C)c1COc1ccccc1C(=O)N(C)CCCOc1cccc(S(C)(=O)=O)c1. The molecule has 0 saturated heterocycles. The molecule has 9 heteroatoms. The number of rotatable bonds is 10. The summed E-state index contributed by atoms with van der Waals surface area (Å²) in [5.74, 6) is 1.49. The van der Waals surface area contributed by atoms with Gasteiger partial charge in [-0.1, -0.05) is 23.4 Å². The summed E-state index contributed by atoms with van der Waals surface area (Å²) in [6, 6.07) is 13.5. The van der Waals surface area contributed by atoms with Crippen LogP contribution in [0.4, 0.5) is 0 Å². The van der Waals surface area contributed by atoms with E-state index in [4.69, 9.17) is 14.0 Å². The number of ether oxygens (including phenoxy) is 2. The Balaban J connectivity index is 1.55. The van der Waals surface area contributed by atoms with Crippen LogP contribution in [0.3, 0.4) is 0 Å². The van der Waals surface area contributed by atoms with Gasteiger partial charge in [-0.15, -0.1) is 0 Å². The zero-order chi connectivity index (χ0) is 24.0. The van der Waals surface area contributed by atoms with Crippen molar-refractivity contribution in [3.63, 3.8) is 0 Å². The zero-order valence-electron chi connectivity index (χ0n) is 19.2. The first kappa shape index (κ1) is 24.3. The molecule has 1 heterocycles. The van der Waals surface area contributed by atoms with Crippen LogP contribution < -0.4 is 9.47 Å². The first-order valence-corrected chi connectivity index (χ1v) is 12.4. The van der Waals surface area contributed by atoms with Crippen molar-refractivity contribution in [2.45, 2.75) is 31.8 Å². The van der Waals surface area contributed by atoms with E-state index in [-0.39, 0.29) is 17.4 Å². The van der Waals surface area contributed by atoms with E-state index in [1.54, 1.807) is 42.3 Å². The maximum Gasteiger partial charge on any atom is 0.257 e. The van der Waals surface area contributed by atoms with Crippen molar-refractivity contribution < 1.29 is 27.2 Å². The Morgan fingerprint density at radius 2 is 1.85 bits per heavy atom. The van der Waals surface area contributed by atoms with Crippen molar-refractivity contribution in [1.82, 2.24) is 10.1 Å². The van der Waals surface area contributed by atoms with Gasteiger partial charge in [0.25, 0.3) is 5.91 Å². The van der Waals surface area contributed by atoms with Crippen molar-refractivity contribution in [2.75, 3.05) is 26.5 Å². The van der Waals surface area contributed by atoms with E-state index in [1.807, 2.05) is 19.9 Å². The molecule has 0 bridgehead atoms.